The average molecular weight is 234 g/mol. The van der Waals surface area contributed by atoms with E-state index in [0.29, 0.717) is 0 Å². The second-order valence-corrected chi connectivity index (χ2v) is 3.60. The Morgan fingerprint density at radius 3 is 2.29 bits per heavy atom. The molecular formula is C13H14O4. The molecule has 0 amide bonds. The first-order valence-corrected chi connectivity index (χ1v) is 4.95. The van der Waals surface area contributed by atoms with Crippen LogP contribution in [0.3, 0.4) is 0 Å². The molecule has 1 rings (SSSR count). The fraction of sp³-hybridized carbons (Fsp3) is 0.154. The second-order valence-electron chi connectivity index (χ2n) is 3.60. The third-order valence-corrected chi connectivity index (χ3v) is 2.58. The summed E-state index contributed by atoms with van der Waals surface area (Å²) in [5, 5.41) is 28.9. The van der Waals surface area contributed by atoms with Crippen LogP contribution in [0, 0.1) is 0 Å². The summed E-state index contributed by atoms with van der Waals surface area (Å²) in [6, 6.07) is 8.01. The number of carboxylic acid groups (broad SMARTS) is 1. The van der Waals surface area contributed by atoms with E-state index in [1.165, 1.54) is 18.2 Å². The highest BCUT2D eigenvalue weighted by atomic mass is 16.4. The first-order chi connectivity index (χ1) is 7.94. The van der Waals surface area contributed by atoms with E-state index >= 15 is 0 Å². The van der Waals surface area contributed by atoms with E-state index in [1.54, 1.807) is 18.2 Å². The zero-order valence-electron chi connectivity index (χ0n) is 9.21. The number of hydrogen-bond acceptors (Lipinski definition) is 3. The van der Waals surface area contributed by atoms with Crippen molar-refractivity contribution < 1.29 is 20.1 Å². The summed E-state index contributed by atoms with van der Waals surface area (Å²) in [4.78, 5) is 10.9. The zero-order valence-corrected chi connectivity index (χ0v) is 9.21. The Morgan fingerprint density at radius 1 is 1.35 bits per heavy atom. The topological polar surface area (TPSA) is 77.8 Å². The lowest BCUT2D eigenvalue weighted by atomic mass is 9.82. The Morgan fingerprint density at radius 2 is 1.88 bits per heavy atom. The van der Waals surface area contributed by atoms with Gasteiger partial charge in [-0.25, -0.2) is 4.79 Å². The number of carbonyl (C=O) groups is 1. The predicted molar refractivity (Wildman–Crippen MR) is 63.3 cm³/mol. The van der Waals surface area contributed by atoms with Crippen LogP contribution in [0.15, 0.2) is 55.1 Å². The number of rotatable bonds is 5. The van der Waals surface area contributed by atoms with Gasteiger partial charge in [-0.15, -0.1) is 0 Å². The molecule has 0 aliphatic rings. The van der Waals surface area contributed by atoms with Gasteiger partial charge in [0.05, 0.1) is 0 Å². The Kier molecular flexibility index (Phi) is 3.83. The van der Waals surface area contributed by atoms with Crippen LogP contribution in [0.25, 0.3) is 0 Å². The number of benzene rings is 1. The molecule has 4 nitrogen and oxygen atoms in total. The van der Waals surface area contributed by atoms with E-state index in [1.807, 2.05) is 0 Å². The predicted octanol–water partition coefficient (Wildman–Crippen LogP) is 1.06. The minimum atomic E-state index is -2.07. The van der Waals surface area contributed by atoms with Crippen molar-refractivity contribution in [3.63, 3.8) is 0 Å². The molecule has 0 radical (unpaired) electrons. The molecule has 90 valence electrons. The van der Waals surface area contributed by atoms with E-state index in [4.69, 9.17) is 5.11 Å². The fourth-order valence-corrected chi connectivity index (χ4v) is 1.55. The van der Waals surface area contributed by atoms with Gasteiger partial charge in [-0.2, -0.15) is 0 Å². The Bertz CT molecular complexity index is 438. The van der Waals surface area contributed by atoms with Crippen LogP contribution < -0.4 is 0 Å². The van der Waals surface area contributed by atoms with E-state index in [0.717, 1.165) is 0 Å². The minimum Gasteiger partial charge on any atom is -0.479 e. The number of hydrogen-bond donors (Lipinski definition) is 3. The molecule has 1 aromatic carbocycles. The van der Waals surface area contributed by atoms with Gasteiger partial charge >= 0.3 is 5.97 Å². The highest BCUT2D eigenvalue weighted by molar-refractivity contribution is 5.75. The molecule has 17 heavy (non-hydrogen) atoms. The first kappa shape index (κ1) is 13.2. The van der Waals surface area contributed by atoms with Gasteiger partial charge in [0.2, 0.25) is 0 Å². The summed E-state index contributed by atoms with van der Waals surface area (Å²) < 4.78 is 0. The van der Waals surface area contributed by atoms with Crippen LogP contribution in [-0.4, -0.2) is 27.4 Å². The summed E-state index contributed by atoms with van der Waals surface area (Å²) in [7, 11) is 0. The number of aliphatic hydroxyl groups excluding tert-OH is 1. The van der Waals surface area contributed by atoms with Crippen LogP contribution >= 0.6 is 0 Å². The molecule has 0 heterocycles. The van der Waals surface area contributed by atoms with Crippen molar-refractivity contribution in [2.75, 3.05) is 0 Å². The van der Waals surface area contributed by atoms with E-state index in [2.05, 4.69) is 13.2 Å². The molecule has 1 aromatic rings. The molecule has 0 saturated carbocycles. The van der Waals surface area contributed by atoms with Crippen molar-refractivity contribution >= 4 is 5.97 Å². The largest absolute Gasteiger partial charge is 0.479 e. The van der Waals surface area contributed by atoms with Gasteiger partial charge in [-0.1, -0.05) is 49.6 Å². The molecule has 4 heteroatoms. The van der Waals surface area contributed by atoms with Gasteiger partial charge in [-0.3, -0.25) is 0 Å². The highest BCUT2D eigenvalue weighted by Gasteiger charge is 2.43. The average Bonchev–Trinajstić information content (AvgIpc) is 2.36. The van der Waals surface area contributed by atoms with Crippen LogP contribution in [0.2, 0.25) is 0 Å². The van der Waals surface area contributed by atoms with E-state index in [9.17, 15) is 15.0 Å². The van der Waals surface area contributed by atoms with E-state index in [-0.39, 0.29) is 11.1 Å². The first-order valence-electron chi connectivity index (χ1n) is 4.95. The lowest BCUT2D eigenvalue weighted by Crippen LogP contribution is -2.45. The highest BCUT2D eigenvalue weighted by Crippen LogP contribution is 2.32. The number of aliphatic carboxylic acids is 1. The second kappa shape index (κ2) is 4.95. The standard InChI is InChI=1S/C13H14O4/c1-3-9(2)13(17,11(14)12(15)16)10-7-5-4-6-8-10/h3-8,11,14,17H,1-2H2,(H,15,16). The normalized spacial score (nSPS) is 15.6. The third-order valence-electron chi connectivity index (χ3n) is 2.58. The summed E-state index contributed by atoms with van der Waals surface area (Å²) in [6.45, 7) is 6.96. The van der Waals surface area contributed by atoms with Crippen LogP contribution in [-0.2, 0) is 10.4 Å². The molecular weight excluding hydrogens is 220 g/mol. The molecule has 0 aliphatic carbocycles. The lowest BCUT2D eigenvalue weighted by Gasteiger charge is -2.31. The van der Waals surface area contributed by atoms with Gasteiger partial charge in [0, 0.05) is 0 Å². The van der Waals surface area contributed by atoms with Crippen LogP contribution in [0.5, 0.6) is 0 Å². The Labute approximate surface area is 99.2 Å². The van der Waals surface area contributed by atoms with Crippen molar-refractivity contribution in [2.45, 2.75) is 11.7 Å². The summed E-state index contributed by atoms with van der Waals surface area (Å²) in [5.41, 5.74) is -1.80. The molecule has 0 spiro atoms. The molecule has 3 N–H and O–H groups in total. The maximum absolute atomic E-state index is 10.9. The van der Waals surface area contributed by atoms with Crippen LogP contribution in [0.4, 0.5) is 0 Å². The molecule has 2 unspecified atom stereocenters. The molecule has 0 bridgehead atoms. The van der Waals surface area contributed by atoms with Gasteiger partial charge in [0.25, 0.3) is 0 Å². The smallest absolute Gasteiger partial charge is 0.336 e. The van der Waals surface area contributed by atoms with Gasteiger partial charge in [0.15, 0.2) is 11.7 Å². The quantitative estimate of drug-likeness (QED) is 0.666. The molecule has 0 aromatic heterocycles. The number of carboxylic acids is 1. The SMILES string of the molecule is C=CC(=C)C(O)(c1ccccc1)C(O)C(=O)O. The maximum atomic E-state index is 10.9. The minimum absolute atomic E-state index is 0.0265. The Hall–Kier alpha value is -1.91. The van der Waals surface area contributed by atoms with Crippen molar-refractivity contribution in [2.24, 2.45) is 0 Å². The summed E-state index contributed by atoms with van der Waals surface area (Å²) >= 11 is 0. The van der Waals surface area contributed by atoms with Crippen molar-refractivity contribution in [1.82, 2.24) is 0 Å². The van der Waals surface area contributed by atoms with Crippen molar-refractivity contribution in [3.8, 4) is 0 Å². The molecule has 0 fully saturated rings. The third kappa shape index (κ3) is 2.27. The van der Waals surface area contributed by atoms with Crippen molar-refractivity contribution in [3.05, 3.63) is 60.7 Å². The lowest BCUT2D eigenvalue weighted by molar-refractivity contribution is -0.160. The zero-order chi connectivity index (χ0) is 13.1. The Balaban J connectivity index is 3.34. The van der Waals surface area contributed by atoms with Gasteiger partial charge in [-0.05, 0) is 11.1 Å². The number of aliphatic hydroxyl groups is 2. The van der Waals surface area contributed by atoms with Crippen LogP contribution in [0.1, 0.15) is 5.56 Å². The molecule has 0 aliphatic heterocycles. The van der Waals surface area contributed by atoms with Gasteiger partial charge in [0.1, 0.15) is 0 Å². The molecule has 2 atom stereocenters. The monoisotopic (exact) mass is 234 g/mol. The van der Waals surface area contributed by atoms with E-state index < -0.39 is 17.7 Å². The van der Waals surface area contributed by atoms with Gasteiger partial charge < -0.3 is 15.3 Å². The summed E-state index contributed by atoms with van der Waals surface area (Å²) in [6.07, 6.45) is -0.783. The maximum Gasteiger partial charge on any atom is 0.336 e. The summed E-state index contributed by atoms with van der Waals surface area (Å²) in [5.74, 6) is -1.53. The fourth-order valence-electron chi connectivity index (χ4n) is 1.55. The van der Waals surface area contributed by atoms with Crippen molar-refractivity contribution in [1.29, 1.82) is 0 Å². The molecule has 0 saturated heterocycles.